The SMILES string of the molecule is Cc1ccc(C)c2c(=O)cc(CN3CCC(C(O)c4nccn4C)CC3)[nH]c12. The Balaban J connectivity index is 1.46. The fourth-order valence-corrected chi connectivity index (χ4v) is 4.34. The summed E-state index contributed by atoms with van der Waals surface area (Å²) in [4.78, 5) is 22.8. The highest BCUT2D eigenvalue weighted by Crippen LogP contribution is 2.30. The average Bonchev–Trinajstić information content (AvgIpc) is 3.10. The monoisotopic (exact) mass is 380 g/mol. The maximum Gasteiger partial charge on any atom is 0.189 e. The quantitative estimate of drug-likeness (QED) is 0.730. The van der Waals surface area contributed by atoms with Crippen molar-refractivity contribution in [2.75, 3.05) is 13.1 Å². The fraction of sp³-hybridized carbons (Fsp3) is 0.455. The summed E-state index contributed by atoms with van der Waals surface area (Å²) in [7, 11) is 1.92. The summed E-state index contributed by atoms with van der Waals surface area (Å²) in [6.45, 7) is 6.54. The lowest BCUT2D eigenvalue weighted by Crippen LogP contribution is -2.36. The van der Waals surface area contributed by atoms with E-state index < -0.39 is 6.10 Å². The van der Waals surface area contributed by atoms with E-state index in [2.05, 4.69) is 20.9 Å². The van der Waals surface area contributed by atoms with Gasteiger partial charge in [-0.25, -0.2) is 4.98 Å². The normalized spacial score (nSPS) is 17.3. The minimum Gasteiger partial charge on any atom is -0.385 e. The van der Waals surface area contributed by atoms with E-state index in [1.54, 1.807) is 12.3 Å². The van der Waals surface area contributed by atoms with Crippen molar-refractivity contribution in [2.45, 2.75) is 39.3 Å². The van der Waals surface area contributed by atoms with Gasteiger partial charge in [0.05, 0.1) is 5.52 Å². The number of aromatic nitrogens is 3. The third-order valence-corrected chi connectivity index (χ3v) is 6.05. The lowest BCUT2D eigenvalue weighted by molar-refractivity contribution is 0.0489. The van der Waals surface area contributed by atoms with Crippen molar-refractivity contribution in [2.24, 2.45) is 13.0 Å². The number of aryl methyl sites for hydroxylation is 3. The molecule has 1 atom stereocenters. The van der Waals surface area contributed by atoms with Crippen molar-refractivity contribution in [3.63, 3.8) is 0 Å². The molecule has 6 heteroatoms. The van der Waals surface area contributed by atoms with Gasteiger partial charge in [0.2, 0.25) is 0 Å². The highest BCUT2D eigenvalue weighted by Gasteiger charge is 2.28. The molecule has 0 amide bonds. The predicted octanol–water partition coefficient (Wildman–Crippen LogP) is 2.82. The molecule has 28 heavy (non-hydrogen) atoms. The first kappa shape index (κ1) is 18.9. The summed E-state index contributed by atoms with van der Waals surface area (Å²) >= 11 is 0. The summed E-state index contributed by atoms with van der Waals surface area (Å²) in [5.74, 6) is 0.959. The Kier molecular flexibility index (Phi) is 5.08. The van der Waals surface area contributed by atoms with E-state index in [9.17, 15) is 9.90 Å². The van der Waals surface area contributed by atoms with E-state index in [4.69, 9.17) is 0 Å². The van der Waals surface area contributed by atoms with Gasteiger partial charge in [0.1, 0.15) is 11.9 Å². The number of benzene rings is 1. The number of nitrogens with one attached hydrogen (secondary N) is 1. The highest BCUT2D eigenvalue weighted by molar-refractivity contribution is 5.84. The van der Waals surface area contributed by atoms with Crippen LogP contribution in [0.2, 0.25) is 0 Å². The number of rotatable bonds is 4. The molecule has 3 heterocycles. The first-order valence-electron chi connectivity index (χ1n) is 9.94. The molecule has 1 aromatic carbocycles. The Morgan fingerprint density at radius 1 is 1.25 bits per heavy atom. The first-order chi connectivity index (χ1) is 13.4. The number of piperidine rings is 1. The number of hydrogen-bond acceptors (Lipinski definition) is 4. The molecule has 0 bridgehead atoms. The molecule has 3 aromatic rings. The van der Waals surface area contributed by atoms with Crippen molar-refractivity contribution >= 4 is 10.9 Å². The van der Waals surface area contributed by atoms with E-state index in [0.717, 1.165) is 66.0 Å². The van der Waals surface area contributed by atoms with Crippen LogP contribution < -0.4 is 5.43 Å². The number of pyridine rings is 1. The zero-order valence-electron chi connectivity index (χ0n) is 16.8. The number of aliphatic hydroxyl groups excluding tert-OH is 1. The number of aromatic amines is 1. The summed E-state index contributed by atoms with van der Waals surface area (Å²) in [6, 6.07) is 5.80. The molecule has 1 aliphatic heterocycles. The minimum atomic E-state index is -0.520. The van der Waals surface area contributed by atoms with Gasteiger partial charge >= 0.3 is 0 Å². The van der Waals surface area contributed by atoms with Crippen LogP contribution in [0.4, 0.5) is 0 Å². The van der Waals surface area contributed by atoms with Crippen molar-refractivity contribution in [3.05, 3.63) is 63.5 Å². The number of likely N-dealkylation sites (tertiary alicyclic amines) is 1. The van der Waals surface area contributed by atoms with E-state index in [1.807, 2.05) is 37.7 Å². The molecule has 1 fully saturated rings. The van der Waals surface area contributed by atoms with Crippen molar-refractivity contribution in [3.8, 4) is 0 Å². The van der Waals surface area contributed by atoms with E-state index in [0.29, 0.717) is 0 Å². The van der Waals surface area contributed by atoms with Gasteiger partial charge in [-0.1, -0.05) is 12.1 Å². The average molecular weight is 380 g/mol. The molecule has 1 saturated heterocycles. The Labute approximate surface area is 164 Å². The molecule has 2 N–H and O–H groups in total. The van der Waals surface area contributed by atoms with Crippen LogP contribution in [0.5, 0.6) is 0 Å². The van der Waals surface area contributed by atoms with Gasteiger partial charge in [-0.3, -0.25) is 9.69 Å². The Bertz CT molecular complexity index is 1040. The second-order valence-corrected chi connectivity index (χ2v) is 8.06. The number of imidazole rings is 1. The van der Waals surface area contributed by atoms with Gasteiger partial charge in [-0.2, -0.15) is 0 Å². The number of hydrogen-bond donors (Lipinski definition) is 2. The van der Waals surface area contributed by atoms with E-state index >= 15 is 0 Å². The van der Waals surface area contributed by atoms with Gasteiger partial charge in [0.25, 0.3) is 0 Å². The van der Waals surface area contributed by atoms with Crippen LogP contribution in [0, 0.1) is 19.8 Å². The second kappa shape index (κ2) is 7.53. The zero-order valence-corrected chi connectivity index (χ0v) is 16.8. The molecule has 148 valence electrons. The maximum absolute atomic E-state index is 12.6. The third-order valence-electron chi connectivity index (χ3n) is 6.05. The lowest BCUT2D eigenvalue weighted by Gasteiger charge is -2.34. The van der Waals surface area contributed by atoms with Gasteiger partial charge in [-0.15, -0.1) is 0 Å². The molecule has 0 radical (unpaired) electrons. The van der Waals surface area contributed by atoms with E-state index in [1.165, 1.54) is 0 Å². The number of H-pyrrole nitrogens is 1. The standard InChI is InChI=1S/C22H28N4O2/c1-14-4-5-15(2)20-19(14)18(27)12-17(24-20)13-26-9-6-16(7-10-26)21(28)22-23-8-11-25(22)3/h4-5,8,11-12,16,21,28H,6-7,9-10,13H2,1-3H3,(H,24,27). The number of aliphatic hydroxyl groups is 1. The van der Waals surface area contributed by atoms with Crippen molar-refractivity contribution in [1.82, 2.24) is 19.4 Å². The second-order valence-electron chi connectivity index (χ2n) is 8.06. The summed E-state index contributed by atoms with van der Waals surface area (Å²) in [5.41, 5.74) is 4.09. The third kappa shape index (κ3) is 3.50. The van der Waals surface area contributed by atoms with Crippen LogP contribution >= 0.6 is 0 Å². The van der Waals surface area contributed by atoms with Gasteiger partial charge in [0, 0.05) is 43.1 Å². The van der Waals surface area contributed by atoms with Gasteiger partial charge < -0.3 is 14.7 Å². The molecule has 1 unspecified atom stereocenters. The Morgan fingerprint density at radius 3 is 2.64 bits per heavy atom. The van der Waals surface area contributed by atoms with E-state index in [-0.39, 0.29) is 11.3 Å². The van der Waals surface area contributed by atoms with Crippen LogP contribution in [-0.4, -0.2) is 37.6 Å². The summed E-state index contributed by atoms with van der Waals surface area (Å²) in [6.07, 6.45) is 4.92. The molecule has 2 aromatic heterocycles. The summed E-state index contributed by atoms with van der Waals surface area (Å²) < 4.78 is 1.89. The minimum absolute atomic E-state index is 0.0880. The Morgan fingerprint density at radius 2 is 1.96 bits per heavy atom. The fourth-order valence-electron chi connectivity index (χ4n) is 4.34. The van der Waals surface area contributed by atoms with Crippen LogP contribution in [0.25, 0.3) is 10.9 Å². The number of nitrogens with zero attached hydrogens (tertiary/aromatic N) is 3. The van der Waals surface area contributed by atoms with Crippen LogP contribution in [0.3, 0.4) is 0 Å². The van der Waals surface area contributed by atoms with Crippen LogP contribution in [0.15, 0.2) is 35.4 Å². The van der Waals surface area contributed by atoms with Crippen molar-refractivity contribution in [1.29, 1.82) is 0 Å². The topological polar surface area (TPSA) is 74.2 Å². The molecular weight excluding hydrogens is 352 g/mol. The molecule has 0 spiro atoms. The molecular formula is C22H28N4O2. The van der Waals surface area contributed by atoms with Crippen LogP contribution in [-0.2, 0) is 13.6 Å². The number of fused-ring (bicyclic) bond motifs is 1. The molecule has 1 aliphatic rings. The van der Waals surface area contributed by atoms with Gasteiger partial charge in [-0.05, 0) is 56.8 Å². The largest absolute Gasteiger partial charge is 0.385 e. The maximum atomic E-state index is 12.6. The molecule has 0 saturated carbocycles. The molecule has 4 rings (SSSR count). The lowest BCUT2D eigenvalue weighted by atomic mass is 9.90. The molecule has 6 nitrogen and oxygen atoms in total. The summed E-state index contributed by atoms with van der Waals surface area (Å²) in [5, 5.41) is 11.4. The zero-order chi connectivity index (χ0) is 19.8. The predicted molar refractivity (Wildman–Crippen MR) is 110 cm³/mol. The molecule has 0 aliphatic carbocycles. The highest BCUT2D eigenvalue weighted by atomic mass is 16.3. The van der Waals surface area contributed by atoms with Crippen LogP contribution in [0.1, 0.15) is 41.6 Å². The first-order valence-corrected chi connectivity index (χ1v) is 9.94. The Hall–Kier alpha value is -2.44. The van der Waals surface area contributed by atoms with Gasteiger partial charge in [0.15, 0.2) is 5.43 Å². The smallest absolute Gasteiger partial charge is 0.189 e. The van der Waals surface area contributed by atoms with Crippen molar-refractivity contribution < 1.29 is 5.11 Å².